The van der Waals surface area contributed by atoms with Crippen LogP contribution in [0, 0.1) is 18.2 Å². The number of aryl methyl sites for hydroxylation is 1. The van der Waals surface area contributed by atoms with Crippen LogP contribution in [0.2, 0.25) is 0 Å². The fourth-order valence-electron chi connectivity index (χ4n) is 5.58. The smallest absolute Gasteiger partial charge is 0.337 e. The van der Waals surface area contributed by atoms with E-state index in [0.29, 0.717) is 34.9 Å². The number of piperidine rings is 1. The number of carboxylic acids is 1. The van der Waals surface area contributed by atoms with E-state index in [1.165, 1.54) is 12.1 Å². The second kappa shape index (κ2) is 10.9. The van der Waals surface area contributed by atoms with Gasteiger partial charge in [-0.3, -0.25) is 4.40 Å². The van der Waals surface area contributed by atoms with E-state index < -0.39 is 17.7 Å². The van der Waals surface area contributed by atoms with Crippen LogP contribution in [-0.2, 0) is 16.0 Å². The summed E-state index contributed by atoms with van der Waals surface area (Å²) < 4.78 is 21.5. The van der Waals surface area contributed by atoms with Crippen molar-refractivity contribution >= 4 is 34.7 Å². The molecule has 0 bridgehead atoms. The van der Waals surface area contributed by atoms with Gasteiger partial charge in [-0.2, -0.15) is 0 Å². The molecule has 2 aliphatic heterocycles. The van der Waals surface area contributed by atoms with E-state index in [0.717, 1.165) is 54.2 Å². The monoisotopic (exact) mass is 580 g/mol. The van der Waals surface area contributed by atoms with Crippen LogP contribution in [0.25, 0.3) is 5.65 Å². The number of imidazole rings is 1. The maximum Gasteiger partial charge on any atom is 0.337 e. The quantitative estimate of drug-likeness (QED) is 0.298. The molecule has 7 nitrogen and oxygen atoms in total. The highest BCUT2D eigenvalue weighted by Gasteiger charge is 2.36. The van der Waals surface area contributed by atoms with E-state index in [2.05, 4.69) is 23.7 Å². The number of aliphatic carboxylic acids is 1. The summed E-state index contributed by atoms with van der Waals surface area (Å²) in [5.41, 5.74) is 5.08. The number of aromatic nitrogens is 2. The van der Waals surface area contributed by atoms with Crippen molar-refractivity contribution in [2.24, 2.45) is 10.4 Å². The van der Waals surface area contributed by atoms with Gasteiger partial charge in [-0.1, -0.05) is 37.6 Å². The fraction of sp³-hybridized carbons (Fsp3) is 0.469. The van der Waals surface area contributed by atoms with E-state index in [1.807, 2.05) is 44.4 Å². The Hall–Kier alpha value is -3.23. The van der Waals surface area contributed by atoms with Gasteiger partial charge in [0, 0.05) is 31.3 Å². The molecule has 0 amide bonds. The Labute approximate surface area is 245 Å². The van der Waals surface area contributed by atoms with Crippen molar-refractivity contribution in [3.8, 4) is 0 Å². The Morgan fingerprint density at radius 2 is 1.85 bits per heavy atom. The molecule has 3 aromatic rings. The number of rotatable bonds is 7. The molecule has 0 aliphatic carbocycles. The Kier molecular flexibility index (Phi) is 7.76. The number of allylic oxidation sites excluding steroid dienone is 1. The first-order chi connectivity index (χ1) is 19.2. The molecule has 0 unspecified atom stereocenters. The standard InChI is InChI=1S/C32H38ClFN4O3/c1-19-15-25-35-24(23-17-21(28(33)36-23)16-20-7-9-22(34)10-8-20)18-38(25)29(37-13-11-32(5,6)12-14-37)26(19)27(30(39)40)41-31(2,3)4/h7-10,15,18,27H,11-14,16-17H2,1-6H3,(H,39,40)/t27-/m0/s1. The van der Waals surface area contributed by atoms with Gasteiger partial charge in [-0.25, -0.2) is 19.2 Å². The van der Waals surface area contributed by atoms with Crippen molar-refractivity contribution in [3.63, 3.8) is 0 Å². The van der Waals surface area contributed by atoms with Crippen LogP contribution in [0.15, 0.2) is 52.3 Å². The molecule has 41 heavy (non-hydrogen) atoms. The van der Waals surface area contributed by atoms with Gasteiger partial charge in [0.2, 0.25) is 0 Å². The van der Waals surface area contributed by atoms with Crippen molar-refractivity contribution in [2.75, 3.05) is 18.0 Å². The molecule has 2 aliphatic rings. The maximum atomic E-state index is 13.4. The molecule has 1 fully saturated rings. The zero-order valence-electron chi connectivity index (χ0n) is 24.6. The minimum atomic E-state index is -1.14. The molecule has 218 valence electrons. The highest BCUT2D eigenvalue weighted by Crippen LogP contribution is 2.40. The number of nitrogens with zero attached hydrogens (tertiary/aromatic N) is 4. The highest BCUT2D eigenvalue weighted by molar-refractivity contribution is 6.32. The van der Waals surface area contributed by atoms with Crippen LogP contribution in [0.1, 0.15) is 82.4 Å². The second-order valence-electron chi connectivity index (χ2n) is 13.0. The lowest BCUT2D eigenvalue weighted by Crippen LogP contribution is -2.40. The summed E-state index contributed by atoms with van der Waals surface area (Å²) in [7, 11) is 0. The van der Waals surface area contributed by atoms with Crippen LogP contribution >= 0.6 is 11.6 Å². The molecule has 1 saturated heterocycles. The Bertz CT molecular complexity index is 1540. The van der Waals surface area contributed by atoms with Gasteiger partial charge in [-0.15, -0.1) is 0 Å². The van der Waals surface area contributed by atoms with E-state index in [1.54, 1.807) is 12.1 Å². The molecule has 1 N–H and O–H groups in total. The number of anilines is 1. The molecule has 0 saturated carbocycles. The summed E-state index contributed by atoms with van der Waals surface area (Å²) >= 11 is 6.56. The van der Waals surface area contributed by atoms with Gasteiger partial charge in [-0.05, 0) is 87.3 Å². The topological polar surface area (TPSA) is 79.4 Å². The zero-order valence-corrected chi connectivity index (χ0v) is 25.3. The zero-order chi connectivity index (χ0) is 29.7. The molecular formula is C32H38ClFN4O3. The first kappa shape index (κ1) is 29.3. The summed E-state index contributed by atoms with van der Waals surface area (Å²) in [6, 6.07) is 8.32. The first-order valence-electron chi connectivity index (χ1n) is 14.1. The van der Waals surface area contributed by atoms with Gasteiger partial charge in [0.25, 0.3) is 0 Å². The van der Waals surface area contributed by atoms with Crippen LogP contribution in [0.5, 0.6) is 0 Å². The number of ether oxygens (including phenoxy) is 1. The van der Waals surface area contributed by atoms with Crippen LogP contribution in [0.4, 0.5) is 10.2 Å². The lowest BCUT2D eigenvalue weighted by atomic mass is 9.82. The number of pyridine rings is 1. The van der Waals surface area contributed by atoms with Gasteiger partial charge < -0.3 is 14.7 Å². The van der Waals surface area contributed by atoms with Crippen LogP contribution in [0.3, 0.4) is 0 Å². The molecular weight excluding hydrogens is 543 g/mol. The normalized spacial score (nSPS) is 18.2. The summed E-state index contributed by atoms with van der Waals surface area (Å²) in [5.74, 6) is -0.499. The van der Waals surface area contributed by atoms with Crippen LogP contribution in [-0.4, -0.2) is 44.9 Å². The lowest BCUT2D eigenvalue weighted by Gasteiger charge is -2.40. The maximum absolute atomic E-state index is 13.4. The molecule has 1 aromatic carbocycles. The number of halogens is 2. The molecule has 1 atom stereocenters. The Balaban J connectivity index is 1.56. The van der Waals surface area contributed by atoms with E-state index in [4.69, 9.17) is 21.3 Å². The highest BCUT2D eigenvalue weighted by atomic mass is 35.5. The number of hydrogen-bond acceptors (Lipinski definition) is 5. The van der Waals surface area contributed by atoms with Gasteiger partial charge >= 0.3 is 5.97 Å². The second-order valence-corrected chi connectivity index (χ2v) is 13.3. The predicted octanol–water partition coefficient (Wildman–Crippen LogP) is 7.23. The minimum Gasteiger partial charge on any atom is -0.479 e. The number of fused-ring (bicyclic) bond motifs is 1. The van der Waals surface area contributed by atoms with Crippen LogP contribution < -0.4 is 4.90 Å². The molecule has 9 heteroatoms. The number of carbonyl (C=O) groups is 1. The van der Waals surface area contributed by atoms with Crippen molar-refractivity contribution in [1.82, 2.24) is 9.38 Å². The number of benzene rings is 1. The molecule has 5 rings (SSSR count). The van der Waals surface area contributed by atoms with Gasteiger partial charge in [0.05, 0.1) is 11.3 Å². The number of aliphatic imine (C=N–C) groups is 1. The minimum absolute atomic E-state index is 0.218. The number of carboxylic acid groups (broad SMARTS) is 1. The summed E-state index contributed by atoms with van der Waals surface area (Å²) in [5, 5.41) is 10.8. The third-order valence-electron chi connectivity index (χ3n) is 7.88. The largest absolute Gasteiger partial charge is 0.479 e. The predicted molar refractivity (Wildman–Crippen MR) is 161 cm³/mol. The van der Waals surface area contributed by atoms with Crippen molar-refractivity contribution in [1.29, 1.82) is 0 Å². The van der Waals surface area contributed by atoms with Gasteiger partial charge in [0.15, 0.2) is 6.10 Å². The third kappa shape index (κ3) is 6.33. The SMILES string of the molecule is Cc1cc2nc(C3=NC(Cl)=C(Cc4ccc(F)cc4)C3)cn2c(N2CCC(C)(C)CC2)c1[C@H](OC(C)(C)C)C(=O)O. The van der Waals surface area contributed by atoms with E-state index in [9.17, 15) is 14.3 Å². The fourth-order valence-corrected chi connectivity index (χ4v) is 5.82. The molecule has 0 radical (unpaired) electrons. The Morgan fingerprint density at radius 1 is 1.20 bits per heavy atom. The summed E-state index contributed by atoms with van der Waals surface area (Å²) in [6.07, 6.45) is 3.87. The Morgan fingerprint density at radius 3 is 2.46 bits per heavy atom. The molecule has 4 heterocycles. The first-order valence-corrected chi connectivity index (χ1v) is 14.5. The van der Waals surface area contributed by atoms with Crippen molar-refractivity contribution < 1.29 is 19.0 Å². The average molecular weight is 581 g/mol. The van der Waals surface area contributed by atoms with Gasteiger partial charge in [0.1, 0.15) is 28.1 Å². The summed E-state index contributed by atoms with van der Waals surface area (Å²) in [6.45, 7) is 13.7. The van der Waals surface area contributed by atoms with Crippen molar-refractivity contribution in [3.05, 3.63) is 75.5 Å². The molecule has 2 aromatic heterocycles. The van der Waals surface area contributed by atoms with E-state index in [-0.39, 0.29) is 11.2 Å². The lowest BCUT2D eigenvalue weighted by molar-refractivity contribution is -0.160. The number of hydrogen-bond donors (Lipinski definition) is 1. The molecule has 0 spiro atoms. The summed E-state index contributed by atoms with van der Waals surface area (Å²) in [4.78, 5) is 24.5. The van der Waals surface area contributed by atoms with E-state index >= 15 is 0 Å². The van der Waals surface area contributed by atoms with Crippen molar-refractivity contribution in [2.45, 2.75) is 78.9 Å². The third-order valence-corrected chi connectivity index (χ3v) is 8.23. The average Bonchev–Trinajstić information content (AvgIpc) is 3.46.